The molecule has 0 saturated heterocycles. The monoisotopic (exact) mass is 344 g/mol. The standard InChI is InChI=1S/C17H12Cl2N4/c1-10-21-22-16-9-20-17(12-4-2-3-5-14(12)19)13-8-11(18)6-7-15(13)23(10)16/h2-8H,9H2,1H3/i9D2. The third-order valence-corrected chi connectivity index (χ3v) is 4.24. The van der Waals surface area contributed by atoms with Gasteiger partial charge < -0.3 is 0 Å². The van der Waals surface area contributed by atoms with Crippen LogP contribution in [0.2, 0.25) is 10.0 Å². The molecule has 0 amide bonds. The molecular formula is C17H12Cl2N4. The second-order valence-electron chi connectivity index (χ2n) is 5.12. The van der Waals surface area contributed by atoms with E-state index in [0.29, 0.717) is 38.4 Å². The fourth-order valence-corrected chi connectivity index (χ4v) is 3.04. The Balaban J connectivity index is 2.12. The van der Waals surface area contributed by atoms with Gasteiger partial charge in [0.1, 0.15) is 12.3 Å². The molecule has 3 aromatic rings. The average Bonchev–Trinajstić information content (AvgIpc) is 2.92. The summed E-state index contributed by atoms with van der Waals surface area (Å²) in [6.45, 7) is -0.299. The first-order valence-corrected chi connectivity index (χ1v) is 7.71. The van der Waals surface area contributed by atoms with Crippen LogP contribution in [0.15, 0.2) is 47.5 Å². The molecule has 1 aromatic heterocycles. The normalized spacial score (nSPS) is 16.6. The van der Waals surface area contributed by atoms with Gasteiger partial charge in [-0.1, -0.05) is 41.4 Å². The zero-order valence-electron chi connectivity index (χ0n) is 14.1. The highest BCUT2D eigenvalue weighted by Gasteiger charge is 2.22. The molecule has 0 unspecified atom stereocenters. The van der Waals surface area contributed by atoms with Gasteiger partial charge in [-0.15, -0.1) is 10.2 Å². The van der Waals surface area contributed by atoms with Crippen LogP contribution in [0.5, 0.6) is 0 Å². The smallest absolute Gasteiger partial charge is 0.159 e. The molecular weight excluding hydrogens is 331 g/mol. The van der Waals surface area contributed by atoms with Crippen LogP contribution in [0.4, 0.5) is 0 Å². The Bertz CT molecular complexity index is 1030. The van der Waals surface area contributed by atoms with Gasteiger partial charge in [-0.25, -0.2) is 0 Å². The van der Waals surface area contributed by atoms with Gasteiger partial charge in [-0.05, 0) is 31.2 Å². The van der Waals surface area contributed by atoms with Crippen molar-refractivity contribution in [2.24, 2.45) is 4.99 Å². The molecule has 1 aliphatic heterocycles. The van der Waals surface area contributed by atoms with Crippen LogP contribution in [0.25, 0.3) is 5.69 Å². The van der Waals surface area contributed by atoms with Crippen molar-refractivity contribution in [2.75, 3.05) is 0 Å². The number of aryl methyl sites for hydroxylation is 1. The molecule has 0 N–H and O–H groups in total. The van der Waals surface area contributed by atoms with Crippen LogP contribution in [0.3, 0.4) is 0 Å². The first-order chi connectivity index (χ1) is 11.9. The third-order valence-electron chi connectivity index (χ3n) is 3.68. The third kappa shape index (κ3) is 2.35. The molecule has 0 spiro atoms. The van der Waals surface area contributed by atoms with Crippen molar-refractivity contribution < 1.29 is 2.74 Å². The SMILES string of the molecule is [2H]C1([2H])N=C(c2ccccc2Cl)c2cc(Cl)ccc2-n2c(C)nnc21. The quantitative estimate of drug-likeness (QED) is 0.662. The molecule has 114 valence electrons. The Morgan fingerprint density at radius 1 is 1.09 bits per heavy atom. The van der Waals surface area contributed by atoms with Gasteiger partial charge >= 0.3 is 0 Å². The number of aromatic nitrogens is 3. The van der Waals surface area contributed by atoms with Gasteiger partial charge in [0, 0.05) is 21.2 Å². The molecule has 0 bridgehead atoms. The van der Waals surface area contributed by atoms with Crippen LogP contribution in [0.1, 0.15) is 25.5 Å². The van der Waals surface area contributed by atoms with Gasteiger partial charge in [-0.2, -0.15) is 0 Å². The number of aliphatic imine (C=N–C) groups is 1. The van der Waals surface area contributed by atoms with E-state index in [1.54, 1.807) is 35.8 Å². The Morgan fingerprint density at radius 3 is 2.74 bits per heavy atom. The number of nitrogens with zero attached hydrogens (tertiary/aromatic N) is 4. The second-order valence-corrected chi connectivity index (χ2v) is 5.96. The molecule has 4 rings (SSSR count). The number of fused-ring (bicyclic) bond motifs is 3. The Labute approximate surface area is 146 Å². The van der Waals surface area contributed by atoms with Crippen molar-refractivity contribution in [1.82, 2.24) is 14.8 Å². The highest BCUT2D eigenvalue weighted by atomic mass is 35.5. The minimum absolute atomic E-state index is 0.121. The highest BCUT2D eigenvalue weighted by molar-refractivity contribution is 6.36. The zero-order valence-corrected chi connectivity index (χ0v) is 13.6. The average molecular weight is 345 g/mol. The van der Waals surface area contributed by atoms with Gasteiger partial charge in [0.2, 0.25) is 0 Å². The summed E-state index contributed by atoms with van der Waals surface area (Å²) in [6.07, 6.45) is 0. The van der Waals surface area contributed by atoms with Crippen molar-refractivity contribution in [3.8, 4) is 5.69 Å². The van der Waals surface area contributed by atoms with Crippen molar-refractivity contribution in [3.05, 3.63) is 75.3 Å². The maximum absolute atomic E-state index is 8.42. The molecule has 4 nitrogen and oxygen atoms in total. The summed E-state index contributed by atoms with van der Waals surface area (Å²) in [7, 11) is 0. The minimum atomic E-state index is -2.07. The molecule has 0 saturated carbocycles. The van der Waals surface area contributed by atoms with E-state index in [9.17, 15) is 0 Å². The topological polar surface area (TPSA) is 43.1 Å². The largest absolute Gasteiger partial charge is 0.281 e. The first kappa shape index (κ1) is 12.3. The van der Waals surface area contributed by atoms with E-state index in [0.717, 1.165) is 0 Å². The lowest BCUT2D eigenvalue weighted by Crippen LogP contribution is -2.08. The minimum Gasteiger partial charge on any atom is -0.281 e. The molecule has 0 aliphatic carbocycles. The summed E-state index contributed by atoms with van der Waals surface area (Å²) in [6, 6.07) is 12.5. The zero-order chi connectivity index (χ0) is 17.8. The summed E-state index contributed by atoms with van der Waals surface area (Å²) in [4.78, 5) is 4.36. The predicted molar refractivity (Wildman–Crippen MR) is 91.9 cm³/mol. The summed E-state index contributed by atoms with van der Waals surface area (Å²) >= 11 is 12.6. The molecule has 0 fully saturated rings. The summed E-state index contributed by atoms with van der Waals surface area (Å²) in [5.74, 6) is 0.689. The van der Waals surface area contributed by atoms with E-state index < -0.39 is 6.50 Å². The van der Waals surface area contributed by atoms with Crippen molar-refractivity contribution in [3.63, 3.8) is 0 Å². The number of hydrogen-bond acceptors (Lipinski definition) is 3. The van der Waals surface area contributed by atoms with Crippen LogP contribution < -0.4 is 0 Å². The van der Waals surface area contributed by atoms with Crippen molar-refractivity contribution in [1.29, 1.82) is 0 Å². The molecule has 2 heterocycles. The fourth-order valence-electron chi connectivity index (χ4n) is 2.64. The maximum Gasteiger partial charge on any atom is 0.159 e. The lowest BCUT2D eigenvalue weighted by atomic mass is 10.0. The van der Waals surface area contributed by atoms with E-state index in [2.05, 4.69) is 15.2 Å². The number of benzene rings is 2. The van der Waals surface area contributed by atoms with Crippen LogP contribution in [-0.2, 0) is 6.50 Å². The second kappa shape index (κ2) is 5.48. The van der Waals surface area contributed by atoms with E-state index >= 15 is 0 Å². The Hall–Kier alpha value is -2.17. The highest BCUT2D eigenvalue weighted by Crippen LogP contribution is 2.30. The van der Waals surface area contributed by atoms with E-state index in [4.69, 9.17) is 25.9 Å². The first-order valence-electron chi connectivity index (χ1n) is 7.96. The summed E-state index contributed by atoms with van der Waals surface area (Å²) in [5, 5.41) is 9.03. The van der Waals surface area contributed by atoms with Crippen LogP contribution in [0, 0.1) is 6.92 Å². The molecule has 2 aromatic carbocycles. The molecule has 23 heavy (non-hydrogen) atoms. The van der Waals surface area contributed by atoms with Gasteiger partial charge in [0.15, 0.2) is 5.82 Å². The molecule has 0 radical (unpaired) electrons. The van der Waals surface area contributed by atoms with E-state index in [1.165, 1.54) is 0 Å². The lowest BCUT2D eigenvalue weighted by molar-refractivity contribution is 0.862. The van der Waals surface area contributed by atoms with Gasteiger partial charge in [-0.3, -0.25) is 9.56 Å². The summed E-state index contributed by atoms with van der Waals surface area (Å²) in [5.41, 5.74) is 2.44. The van der Waals surface area contributed by atoms with Gasteiger partial charge in [0.25, 0.3) is 0 Å². The Kier molecular flexibility index (Phi) is 2.92. The molecule has 6 heteroatoms. The van der Waals surface area contributed by atoms with Crippen LogP contribution in [-0.4, -0.2) is 20.5 Å². The Morgan fingerprint density at radius 2 is 1.91 bits per heavy atom. The van der Waals surface area contributed by atoms with Crippen LogP contribution >= 0.6 is 23.2 Å². The van der Waals surface area contributed by atoms with Gasteiger partial charge in [0.05, 0.1) is 14.1 Å². The predicted octanol–water partition coefficient (Wildman–Crippen LogP) is 4.23. The van der Waals surface area contributed by atoms with E-state index in [-0.39, 0.29) is 5.82 Å². The van der Waals surface area contributed by atoms with Crippen molar-refractivity contribution in [2.45, 2.75) is 13.4 Å². The fraction of sp³-hybridized carbons (Fsp3) is 0.118. The lowest BCUT2D eigenvalue weighted by Gasteiger charge is -2.13. The summed E-state index contributed by atoms with van der Waals surface area (Å²) < 4.78 is 18.5. The maximum atomic E-state index is 8.42. The number of hydrogen-bond donors (Lipinski definition) is 0. The van der Waals surface area contributed by atoms with Crippen molar-refractivity contribution >= 4 is 28.9 Å². The molecule has 0 atom stereocenters. The number of halogens is 2. The number of rotatable bonds is 1. The van der Waals surface area contributed by atoms with E-state index in [1.807, 2.05) is 18.2 Å². The molecule has 1 aliphatic rings.